The standard InChI is InChI=1S/C50H94NO9P/c1-6-8-10-11-12-13-14-15-16-17-18-19-20-21-22-23-24-25-29-32-36-40-49(52)56-44-46(45-58-61(54,55)57-43-42-51(3,4)5)59-50(53)41-37-33-30-27-26-28-31-35-39-48-47(60-48)38-34-9-7-2/h15-16,31,35,46-48H,6-14,17-30,32-34,36-45H2,1-5H3/p+1/b16-15-,35-31-/t46-,47?,48?/m1/s1. The summed E-state index contributed by atoms with van der Waals surface area (Å²) in [6.07, 6.45) is 45.4. The van der Waals surface area contributed by atoms with Gasteiger partial charge in [0.25, 0.3) is 0 Å². The maximum absolute atomic E-state index is 12.7. The van der Waals surface area contributed by atoms with Crippen LogP contribution < -0.4 is 0 Å². The van der Waals surface area contributed by atoms with E-state index >= 15 is 0 Å². The maximum atomic E-state index is 12.7. The van der Waals surface area contributed by atoms with Gasteiger partial charge in [-0.2, -0.15) is 0 Å². The molecule has 4 atom stereocenters. The Labute approximate surface area is 374 Å². The van der Waals surface area contributed by atoms with Gasteiger partial charge in [-0.3, -0.25) is 18.6 Å². The fourth-order valence-electron chi connectivity index (χ4n) is 7.31. The maximum Gasteiger partial charge on any atom is 0.472 e. The van der Waals surface area contributed by atoms with Crippen LogP contribution >= 0.6 is 7.82 Å². The summed E-state index contributed by atoms with van der Waals surface area (Å²) in [5.41, 5.74) is 0. The van der Waals surface area contributed by atoms with Gasteiger partial charge in [0, 0.05) is 12.8 Å². The lowest BCUT2D eigenvalue weighted by molar-refractivity contribution is -0.870. The van der Waals surface area contributed by atoms with Gasteiger partial charge in [-0.15, -0.1) is 0 Å². The van der Waals surface area contributed by atoms with E-state index in [0.29, 0.717) is 29.7 Å². The molecular formula is C50H95NO9P+. The van der Waals surface area contributed by atoms with Crippen molar-refractivity contribution < 1.29 is 46.8 Å². The normalized spacial score (nSPS) is 17.0. The van der Waals surface area contributed by atoms with Crippen molar-refractivity contribution in [2.45, 2.75) is 238 Å². The molecule has 10 nitrogen and oxygen atoms in total. The minimum absolute atomic E-state index is 0.0275. The number of epoxide rings is 1. The predicted molar refractivity (Wildman–Crippen MR) is 252 cm³/mol. The van der Waals surface area contributed by atoms with E-state index in [9.17, 15) is 19.0 Å². The lowest BCUT2D eigenvalue weighted by Crippen LogP contribution is -2.37. The number of phosphoric ester groups is 1. The smallest absolute Gasteiger partial charge is 0.462 e. The first kappa shape index (κ1) is 57.5. The molecule has 1 aliphatic heterocycles. The van der Waals surface area contributed by atoms with E-state index in [1.807, 2.05) is 21.1 Å². The molecule has 3 unspecified atom stereocenters. The number of allylic oxidation sites excluding steroid dienone is 3. The number of ether oxygens (including phenoxy) is 3. The topological polar surface area (TPSA) is 121 Å². The number of quaternary nitrogens is 1. The molecule has 0 bridgehead atoms. The molecule has 0 spiro atoms. The Bertz CT molecular complexity index is 1160. The van der Waals surface area contributed by atoms with Crippen LogP contribution in [-0.2, 0) is 37.4 Å². The van der Waals surface area contributed by atoms with Crippen LogP contribution in [0, 0.1) is 0 Å². The molecule has 1 aliphatic rings. The number of esters is 2. The van der Waals surface area contributed by atoms with E-state index in [1.54, 1.807) is 0 Å². The lowest BCUT2D eigenvalue weighted by Gasteiger charge is -2.24. The summed E-state index contributed by atoms with van der Waals surface area (Å²) in [4.78, 5) is 35.5. The number of likely N-dealkylation sites (N-methyl/N-ethyl adjacent to an activating group) is 1. The van der Waals surface area contributed by atoms with Gasteiger partial charge >= 0.3 is 19.8 Å². The summed E-state index contributed by atoms with van der Waals surface area (Å²) in [5, 5.41) is 0. The number of carbonyl (C=O) groups excluding carboxylic acids is 2. The van der Waals surface area contributed by atoms with Gasteiger partial charge in [0.15, 0.2) is 6.10 Å². The highest BCUT2D eigenvalue weighted by molar-refractivity contribution is 7.47. The van der Waals surface area contributed by atoms with E-state index < -0.39 is 26.5 Å². The average Bonchev–Trinajstić information content (AvgIpc) is 3.97. The predicted octanol–water partition coefficient (Wildman–Crippen LogP) is 13.7. The average molecular weight is 885 g/mol. The van der Waals surface area contributed by atoms with E-state index in [-0.39, 0.29) is 32.0 Å². The van der Waals surface area contributed by atoms with E-state index in [4.69, 9.17) is 23.3 Å². The number of hydrogen-bond acceptors (Lipinski definition) is 8. The summed E-state index contributed by atoms with van der Waals surface area (Å²) in [6.45, 7) is 4.39. The first-order valence-electron chi connectivity index (χ1n) is 25.2. The molecule has 0 radical (unpaired) electrons. The third-order valence-corrected chi connectivity index (χ3v) is 12.4. The summed E-state index contributed by atoms with van der Waals surface area (Å²) in [6, 6.07) is 0. The molecule has 0 saturated carbocycles. The number of phosphoric acid groups is 1. The third kappa shape index (κ3) is 39.8. The van der Waals surface area contributed by atoms with E-state index in [1.165, 1.54) is 128 Å². The molecule has 11 heteroatoms. The quantitative estimate of drug-likeness (QED) is 0.0159. The van der Waals surface area contributed by atoms with Gasteiger partial charge in [0.2, 0.25) is 0 Å². The van der Waals surface area contributed by atoms with Gasteiger partial charge in [0.1, 0.15) is 19.8 Å². The third-order valence-electron chi connectivity index (χ3n) is 11.4. The van der Waals surface area contributed by atoms with Crippen molar-refractivity contribution in [3.8, 4) is 0 Å². The number of carbonyl (C=O) groups is 2. The van der Waals surface area contributed by atoms with Crippen molar-refractivity contribution in [2.24, 2.45) is 0 Å². The Morgan fingerprint density at radius 2 is 1.05 bits per heavy atom. The molecule has 1 rings (SSSR count). The van der Waals surface area contributed by atoms with Crippen molar-refractivity contribution in [3.05, 3.63) is 24.3 Å². The molecule has 1 saturated heterocycles. The zero-order chi connectivity index (χ0) is 44.7. The van der Waals surface area contributed by atoms with Crippen molar-refractivity contribution in [3.63, 3.8) is 0 Å². The van der Waals surface area contributed by atoms with Crippen LogP contribution in [0.3, 0.4) is 0 Å². The molecule has 0 amide bonds. The van der Waals surface area contributed by atoms with Crippen molar-refractivity contribution in [1.82, 2.24) is 0 Å². The van der Waals surface area contributed by atoms with E-state index in [2.05, 4.69) is 38.2 Å². The second-order valence-corrected chi connectivity index (χ2v) is 20.0. The van der Waals surface area contributed by atoms with Crippen molar-refractivity contribution in [2.75, 3.05) is 47.5 Å². The summed E-state index contributed by atoms with van der Waals surface area (Å²) < 4.78 is 40.2. The first-order valence-corrected chi connectivity index (χ1v) is 26.7. The SMILES string of the molecule is CCCCCCCC/C=C\CCCCCCCCCCCCCC(=O)OC[C@H](COP(=O)(O)OCC[N+](C)(C)C)OC(=O)CCCCCCC/C=C\CC1OC1CCCCC. The Morgan fingerprint density at radius 1 is 0.590 bits per heavy atom. The lowest BCUT2D eigenvalue weighted by atomic mass is 10.0. The highest BCUT2D eigenvalue weighted by Crippen LogP contribution is 2.43. The molecular weight excluding hydrogens is 790 g/mol. The van der Waals surface area contributed by atoms with Gasteiger partial charge < -0.3 is 23.6 Å². The molecule has 61 heavy (non-hydrogen) atoms. The minimum Gasteiger partial charge on any atom is -0.462 e. The summed E-state index contributed by atoms with van der Waals surface area (Å²) in [5.74, 6) is -0.814. The van der Waals surface area contributed by atoms with Crippen molar-refractivity contribution in [1.29, 1.82) is 0 Å². The van der Waals surface area contributed by atoms with Crippen LogP contribution in [0.2, 0.25) is 0 Å². The van der Waals surface area contributed by atoms with Crippen LogP contribution in [0.5, 0.6) is 0 Å². The fraction of sp³-hybridized carbons (Fsp3) is 0.880. The molecule has 358 valence electrons. The van der Waals surface area contributed by atoms with Crippen LogP contribution in [-0.4, -0.2) is 87.1 Å². The Balaban J connectivity index is 2.20. The number of nitrogens with zero attached hydrogens (tertiary/aromatic N) is 1. The largest absolute Gasteiger partial charge is 0.472 e. The second kappa shape index (κ2) is 38.9. The van der Waals surface area contributed by atoms with Crippen LogP contribution in [0.25, 0.3) is 0 Å². The Hall–Kier alpha value is -1.55. The number of rotatable bonds is 45. The molecule has 0 aromatic carbocycles. The molecule has 1 N–H and O–H groups in total. The second-order valence-electron chi connectivity index (χ2n) is 18.6. The zero-order valence-electron chi connectivity index (χ0n) is 40.1. The summed E-state index contributed by atoms with van der Waals surface area (Å²) in [7, 11) is 1.46. The molecule has 0 aliphatic carbocycles. The zero-order valence-corrected chi connectivity index (χ0v) is 41.0. The van der Waals surface area contributed by atoms with Gasteiger partial charge in [-0.1, -0.05) is 167 Å². The molecule has 1 fully saturated rings. The molecule has 0 aromatic rings. The molecule has 1 heterocycles. The summed E-state index contributed by atoms with van der Waals surface area (Å²) >= 11 is 0. The Kier molecular flexibility index (Phi) is 36.6. The minimum atomic E-state index is -4.38. The van der Waals surface area contributed by atoms with Gasteiger partial charge in [-0.05, 0) is 64.2 Å². The van der Waals surface area contributed by atoms with Crippen LogP contribution in [0.1, 0.15) is 219 Å². The van der Waals surface area contributed by atoms with Crippen molar-refractivity contribution >= 4 is 19.8 Å². The van der Waals surface area contributed by atoms with Crippen LogP contribution in [0.4, 0.5) is 0 Å². The fourth-order valence-corrected chi connectivity index (χ4v) is 8.05. The van der Waals surface area contributed by atoms with Crippen LogP contribution in [0.15, 0.2) is 24.3 Å². The highest BCUT2D eigenvalue weighted by atomic mass is 31.2. The number of unbranched alkanes of at least 4 members (excludes halogenated alkanes) is 24. The highest BCUT2D eigenvalue weighted by Gasteiger charge is 2.36. The Morgan fingerprint density at radius 3 is 1.57 bits per heavy atom. The first-order chi connectivity index (χ1) is 29.5. The monoisotopic (exact) mass is 885 g/mol. The van der Waals surface area contributed by atoms with E-state index in [0.717, 1.165) is 57.8 Å². The number of hydrogen-bond donors (Lipinski definition) is 1. The molecule has 0 aromatic heterocycles. The van der Waals surface area contributed by atoms with Gasteiger partial charge in [-0.25, -0.2) is 4.57 Å². The van der Waals surface area contributed by atoms with Gasteiger partial charge in [0.05, 0.1) is 40.0 Å².